The van der Waals surface area contributed by atoms with Gasteiger partial charge in [-0.25, -0.2) is 0 Å². The first-order valence-corrected chi connectivity index (χ1v) is 8.18. The van der Waals surface area contributed by atoms with E-state index in [1.54, 1.807) is 7.11 Å². The van der Waals surface area contributed by atoms with E-state index in [-0.39, 0.29) is 6.42 Å². The highest BCUT2D eigenvalue weighted by Crippen LogP contribution is 2.27. The van der Waals surface area contributed by atoms with Gasteiger partial charge >= 0.3 is 5.97 Å². The highest BCUT2D eigenvalue weighted by atomic mass is 16.5. The first-order valence-electron chi connectivity index (χ1n) is 8.18. The van der Waals surface area contributed by atoms with Crippen LogP contribution in [0.25, 0.3) is 5.57 Å². The second-order valence-corrected chi connectivity index (χ2v) is 6.06. The third-order valence-electron chi connectivity index (χ3n) is 4.00. The Bertz CT molecular complexity index is 695. The zero-order valence-electron chi connectivity index (χ0n) is 14.5. The van der Waals surface area contributed by atoms with Crippen LogP contribution in [-0.2, 0) is 4.79 Å². The van der Waals surface area contributed by atoms with E-state index in [1.165, 1.54) is 5.56 Å². The molecule has 3 heteroatoms. The van der Waals surface area contributed by atoms with Crippen molar-refractivity contribution >= 4 is 11.5 Å². The number of carbonyl (C=O) groups is 1. The number of methoxy groups -OCH3 is 1. The summed E-state index contributed by atoms with van der Waals surface area (Å²) in [7, 11) is 1.64. The minimum absolute atomic E-state index is 0.129. The summed E-state index contributed by atoms with van der Waals surface area (Å²) >= 11 is 0. The third kappa shape index (κ3) is 4.72. The molecule has 0 atom stereocenters. The predicted octanol–water partition coefficient (Wildman–Crippen LogP) is 5.12. The van der Waals surface area contributed by atoms with E-state index >= 15 is 0 Å². The average molecular weight is 324 g/mol. The van der Waals surface area contributed by atoms with Crippen molar-refractivity contribution in [1.82, 2.24) is 0 Å². The molecule has 0 unspecified atom stereocenters. The fourth-order valence-corrected chi connectivity index (χ4v) is 2.56. The zero-order chi connectivity index (χ0) is 17.5. The Balaban J connectivity index is 2.35. The molecular weight excluding hydrogens is 300 g/mol. The Morgan fingerprint density at radius 1 is 1.04 bits per heavy atom. The van der Waals surface area contributed by atoms with E-state index in [0.29, 0.717) is 12.3 Å². The van der Waals surface area contributed by atoms with Gasteiger partial charge in [-0.05, 0) is 46.7 Å². The lowest BCUT2D eigenvalue weighted by Crippen LogP contribution is -1.95. The smallest absolute Gasteiger partial charge is 0.303 e. The molecule has 0 radical (unpaired) electrons. The largest absolute Gasteiger partial charge is 0.497 e. The van der Waals surface area contributed by atoms with Crippen LogP contribution in [0.3, 0.4) is 0 Å². The summed E-state index contributed by atoms with van der Waals surface area (Å²) in [6.07, 6.45) is 2.63. The second kappa shape index (κ2) is 8.34. The van der Waals surface area contributed by atoms with Gasteiger partial charge in [0.05, 0.1) is 7.11 Å². The maximum atomic E-state index is 10.8. The number of hydrogen-bond acceptors (Lipinski definition) is 2. The Labute approximate surface area is 143 Å². The quantitative estimate of drug-likeness (QED) is 0.769. The van der Waals surface area contributed by atoms with Crippen LogP contribution in [0.4, 0.5) is 0 Å². The monoisotopic (exact) mass is 324 g/mol. The Kier molecular flexibility index (Phi) is 6.19. The average Bonchev–Trinajstić information content (AvgIpc) is 2.59. The minimum atomic E-state index is -0.782. The van der Waals surface area contributed by atoms with Crippen LogP contribution in [-0.4, -0.2) is 18.2 Å². The number of carboxylic acids is 1. The van der Waals surface area contributed by atoms with Crippen LogP contribution in [0.15, 0.2) is 54.6 Å². The fourth-order valence-electron chi connectivity index (χ4n) is 2.56. The van der Waals surface area contributed by atoms with Crippen LogP contribution >= 0.6 is 0 Å². The number of carboxylic acid groups (broad SMARTS) is 1. The Morgan fingerprint density at radius 3 is 2.04 bits per heavy atom. The molecule has 0 saturated heterocycles. The fraction of sp³-hybridized carbons (Fsp3) is 0.286. The lowest BCUT2D eigenvalue weighted by Gasteiger charge is -2.12. The molecule has 0 aliphatic rings. The summed E-state index contributed by atoms with van der Waals surface area (Å²) in [5.74, 6) is 0.508. The minimum Gasteiger partial charge on any atom is -0.497 e. The molecule has 126 valence electrons. The van der Waals surface area contributed by atoms with Gasteiger partial charge in [0, 0.05) is 6.42 Å². The van der Waals surface area contributed by atoms with Gasteiger partial charge in [-0.1, -0.05) is 56.3 Å². The van der Waals surface area contributed by atoms with E-state index < -0.39 is 5.97 Å². The molecule has 0 aliphatic heterocycles. The van der Waals surface area contributed by atoms with Gasteiger partial charge in [-0.2, -0.15) is 0 Å². The molecule has 0 aliphatic carbocycles. The molecule has 2 aromatic carbocycles. The highest BCUT2D eigenvalue weighted by Gasteiger charge is 2.07. The van der Waals surface area contributed by atoms with Crippen LogP contribution < -0.4 is 4.74 Å². The van der Waals surface area contributed by atoms with Gasteiger partial charge in [-0.15, -0.1) is 0 Å². The SMILES string of the molecule is COc1ccc(/C(=C/CCC(=O)O)c2ccc(C(C)C)cc2)cc1. The normalized spacial score (nSPS) is 11.6. The summed E-state index contributed by atoms with van der Waals surface area (Å²) < 4.78 is 5.21. The van der Waals surface area contributed by atoms with Crippen LogP contribution in [0.1, 0.15) is 49.3 Å². The van der Waals surface area contributed by atoms with Crippen molar-refractivity contribution in [2.24, 2.45) is 0 Å². The van der Waals surface area contributed by atoms with Gasteiger partial charge in [0.25, 0.3) is 0 Å². The van der Waals surface area contributed by atoms with Crippen LogP contribution in [0, 0.1) is 0 Å². The third-order valence-corrected chi connectivity index (χ3v) is 4.00. The molecule has 0 amide bonds. The van der Waals surface area contributed by atoms with E-state index in [1.807, 2.05) is 30.3 Å². The number of ether oxygens (including phenoxy) is 1. The lowest BCUT2D eigenvalue weighted by molar-refractivity contribution is -0.136. The number of hydrogen-bond donors (Lipinski definition) is 1. The lowest BCUT2D eigenvalue weighted by atomic mass is 9.94. The maximum absolute atomic E-state index is 10.8. The molecule has 1 N–H and O–H groups in total. The van der Waals surface area contributed by atoms with Gasteiger partial charge in [0.1, 0.15) is 5.75 Å². The van der Waals surface area contributed by atoms with Crippen molar-refractivity contribution in [1.29, 1.82) is 0 Å². The molecule has 0 heterocycles. The molecule has 0 fully saturated rings. The second-order valence-electron chi connectivity index (χ2n) is 6.06. The van der Waals surface area contributed by atoms with Gasteiger partial charge in [-0.3, -0.25) is 4.79 Å². The maximum Gasteiger partial charge on any atom is 0.303 e. The van der Waals surface area contributed by atoms with E-state index in [0.717, 1.165) is 22.4 Å². The van der Waals surface area contributed by atoms with Gasteiger partial charge in [0.15, 0.2) is 0 Å². The predicted molar refractivity (Wildman–Crippen MR) is 97.5 cm³/mol. The van der Waals surface area contributed by atoms with Crippen molar-refractivity contribution < 1.29 is 14.6 Å². The summed E-state index contributed by atoms with van der Waals surface area (Å²) in [6.45, 7) is 4.34. The standard InChI is InChI=1S/C21H24O3/c1-15(2)16-7-9-17(10-8-16)20(5-4-6-21(22)23)18-11-13-19(24-3)14-12-18/h5,7-15H,4,6H2,1-3H3,(H,22,23)/b20-5+. The molecule has 0 spiro atoms. The van der Waals surface area contributed by atoms with Crippen LogP contribution in [0.5, 0.6) is 5.75 Å². The molecule has 0 bridgehead atoms. The molecule has 3 nitrogen and oxygen atoms in total. The topological polar surface area (TPSA) is 46.5 Å². The molecule has 0 aromatic heterocycles. The first kappa shape index (κ1) is 17.8. The molecule has 0 saturated carbocycles. The van der Waals surface area contributed by atoms with Crippen molar-refractivity contribution in [3.05, 3.63) is 71.3 Å². The number of allylic oxidation sites excluding steroid dienone is 1. The van der Waals surface area contributed by atoms with E-state index in [9.17, 15) is 4.79 Å². The van der Waals surface area contributed by atoms with Crippen molar-refractivity contribution in [2.75, 3.05) is 7.11 Å². The number of rotatable bonds is 7. The molecular formula is C21H24O3. The van der Waals surface area contributed by atoms with Crippen LogP contribution in [0.2, 0.25) is 0 Å². The zero-order valence-corrected chi connectivity index (χ0v) is 14.5. The molecule has 24 heavy (non-hydrogen) atoms. The van der Waals surface area contributed by atoms with Crippen molar-refractivity contribution in [2.45, 2.75) is 32.6 Å². The van der Waals surface area contributed by atoms with Gasteiger partial charge < -0.3 is 9.84 Å². The van der Waals surface area contributed by atoms with Crippen molar-refractivity contribution in [3.8, 4) is 5.75 Å². The number of aliphatic carboxylic acids is 1. The van der Waals surface area contributed by atoms with E-state index in [4.69, 9.17) is 9.84 Å². The first-order chi connectivity index (χ1) is 11.5. The molecule has 2 rings (SSSR count). The van der Waals surface area contributed by atoms with Crippen molar-refractivity contribution in [3.63, 3.8) is 0 Å². The summed E-state index contributed by atoms with van der Waals surface area (Å²) in [5, 5.41) is 8.89. The Hall–Kier alpha value is -2.55. The highest BCUT2D eigenvalue weighted by molar-refractivity contribution is 5.80. The van der Waals surface area contributed by atoms with Gasteiger partial charge in [0.2, 0.25) is 0 Å². The summed E-state index contributed by atoms with van der Waals surface area (Å²) in [6, 6.07) is 16.3. The Morgan fingerprint density at radius 2 is 1.58 bits per heavy atom. The summed E-state index contributed by atoms with van der Waals surface area (Å²) in [5.41, 5.74) is 4.49. The molecule has 2 aromatic rings. The van der Waals surface area contributed by atoms with E-state index in [2.05, 4.69) is 38.1 Å². The summed E-state index contributed by atoms with van der Waals surface area (Å²) in [4.78, 5) is 10.8. The number of benzene rings is 2.